The standard InChI is InChI=1S/C16H19P.C12H11P/c1-2-3-14-17(15-10-6-4-7-11-15)16-12-8-5-9-13-16;1-3-7-11(8-4-1)13-12-9-5-2-6-10-12/h4-13H,2-3,14H2,1H3;1-10,13H. The molecule has 4 aromatic rings. The third-order valence-corrected chi connectivity index (χ3v) is 8.56. The van der Waals surface area contributed by atoms with Crippen LogP contribution >= 0.6 is 16.5 Å². The summed E-state index contributed by atoms with van der Waals surface area (Å²) in [6.07, 6.45) is 3.90. The maximum absolute atomic E-state index is 2.27. The molecule has 0 bridgehead atoms. The summed E-state index contributed by atoms with van der Waals surface area (Å²) in [5.74, 6) is 0. The Morgan fingerprint density at radius 3 is 1.27 bits per heavy atom. The first-order valence-corrected chi connectivity index (χ1v) is 13.1. The molecule has 0 atom stereocenters. The molecule has 4 aromatic carbocycles. The predicted molar refractivity (Wildman–Crippen MR) is 139 cm³/mol. The number of hydrogen-bond acceptors (Lipinski definition) is 0. The van der Waals surface area contributed by atoms with Crippen LogP contribution in [0.3, 0.4) is 0 Å². The van der Waals surface area contributed by atoms with Gasteiger partial charge >= 0.3 is 0 Å². The van der Waals surface area contributed by atoms with Crippen molar-refractivity contribution in [1.82, 2.24) is 0 Å². The Labute approximate surface area is 184 Å². The van der Waals surface area contributed by atoms with Gasteiger partial charge in [0.1, 0.15) is 0 Å². The van der Waals surface area contributed by atoms with E-state index >= 15 is 0 Å². The van der Waals surface area contributed by atoms with Crippen LogP contribution in [0.1, 0.15) is 19.8 Å². The first-order valence-electron chi connectivity index (χ1n) is 10.6. The molecule has 0 amide bonds. The Balaban J connectivity index is 0.000000177. The lowest BCUT2D eigenvalue weighted by Crippen LogP contribution is -2.13. The zero-order chi connectivity index (χ0) is 20.9. The average molecular weight is 428 g/mol. The van der Waals surface area contributed by atoms with Gasteiger partial charge in [-0.15, -0.1) is 0 Å². The van der Waals surface area contributed by atoms with Crippen LogP contribution in [0.25, 0.3) is 0 Å². The van der Waals surface area contributed by atoms with Gasteiger partial charge in [0, 0.05) is 0 Å². The summed E-state index contributed by atoms with van der Waals surface area (Å²) in [4.78, 5) is 0. The lowest BCUT2D eigenvalue weighted by Gasteiger charge is -2.18. The van der Waals surface area contributed by atoms with Crippen LogP contribution in [-0.4, -0.2) is 6.16 Å². The third-order valence-electron chi connectivity index (χ3n) is 4.71. The van der Waals surface area contributed by atoms with Gasteiger partial charge in [-0.1, -0.05) is 143 Å². The molecule has 0 aliphatic rings. The number of benzene rings is 4. The molecule has 0 saturated heterocycles. The predicted octanol–water partition coefficient (Wildman–Crippen LogP) is 6.24. The van der Waals surface area contributed by atoms with Gasteiger partial charge in [-0.05, 0) is 41.7 Å². The van der Waals surface area contributed by atoms with Crippen LogP contribution in [0.2, 0.25) is 0 Å². The van der Waals surface area contributed by atoms with E-state index in [1.807, 2.05) is 0 Å². The highest BCUT2D eigenvalue weighted by Gasteiger charge is 2.11. The quantitative estimate of drug-likeness (QED) is 0.306. The maximum atomic E-state index is 2.27. The summed E-state index contributed by atoms with van der Waals surface area (Å²) in [5, 5.41) is 5.80. The Morgan fingerprint density at radius 2 is 0.900 bits per heavy atom. The Bertz CT molecular complexity index is 862. The summed E-state index contributed by atoms with van der Waals surface area (Å²) in [5.41, 5.74) is 0. The van der Waals surface area contributed by atoms with Crippen molar-refractivity contribution < 1.29 is 0 Å². The minimum atomic E-state index is -0.157. The van der Waals surface area contributed by atoms with Crippen molar-refractivity contribution in [2.24, 2.45) is 0 Å². The van der Waals surface area contributed by atoms with E-state index in [0.29, 0.717) is 0 Å². The second-order valence-corrected chi connectivity index (χ2v) is 10.8. The average Bonchev–Trinajstić information content (AvgIpc) is 2.83. The monoisotopic (exact) mass is 428 g/mol. The molecule has 0 aliphatic carbocycles. The van der Waals surface area contributed by atoms with Crippen molar-refractivity contribution in [2.45, 2.75) is 19.8 Å². The van der Waals surface area contributed by atoms with Crippen molar-refractivity contribution in [3.8, 4) is 0 Å². The van der Waals surface area contributed by atoms with Crippen molar-refractivity contribution in [3.05, 3.63) is 121 Å². The van der Waals surface area contributed by atoms with E-state index in [0.717, 1.165) is 8.58 Å². The second kappa shape index (κ2) is 13.1. The van der Waals surface area contributed by atoms with E-state index in [1.54, 1.807) is 0 Å². The molecule has 0 unspecified atom stereocenters. The van der Waals surface area contributed by atoms with Crippen molar-refractivity contribution in [2.75, 3.05) is 6.16 Å². The molecule has 0 saturated carbocycles. The third kappa shape index (κ3) is 7.53. The molecule has 0 nitrogen and oxygen atoms in total. The van der Waals surface area contributed by atoms with Gasteiger partial charge in [0.05, 0.1) is 0 Å². The molecule has 2 heteroatoms. The van der Waals surface area contributed by atoms with E-state index in [2.05, 4.69) is 128 Å². The van der Waals surface area contributed by atoms with Crippen LogP contribution in [0.4, 0.5) is 0 Å². The zero-order valence-corrected chi connectivity index (χ0v) is 19.5. The fraction of sp³-hybridized carbons (Fsp3) is 0.143. The van der Waals surface area contributed by atoms with Gasteiger partial charge in [0.2, 0.25) is 0 Å². The molecular formula is C28H30P2. The molecule has 4 rings (SSSR count). The topological polar surface area (TPSA) is 0 Å². The minimum Gasteiger partial charge on any atom is -0.0654 e. The Kier molecular flexibility index (Phi) is 9.81. The molecule has 0 aromatic heterocycles. The highest BCUT2D eigenvalue weighted by molar-refractivity contribution is 7.73. The smallest absolute Gasteiger partial charge is 0.0195 e. The summed E-state index contributed by atoms with van der Waals surface area (Å²) in [6, 6.07) is 43.0. The van der Waals surface area contributed by atoms with Gasteiger partial charge < -0.3 is 0 Å². The van der Waals surface area contributed by atoms with Gasteiger partial charge in [-0.2, -0.15) is 0 Å². The largest absolute Gasteiger partial charge is 0.0654 e. The first-order chi connectivity index (χ1) is 14.9. The molecule has 0 fully saturated rings. The van der Waals surface area contributed by atoms with Crippen LogP contribution in [-0.2, 0) is 0 Å². The summed E-state index contributed by atoms with van der Waals surface area (Å²) in [6.45, 7) is 2.27. The van der Waals surface area contributed by atoms with Crippen molar-refractivity contribution in [1.29, 1.82) is 0 Å². The fourth-order valence-corrected chi connectivity index (χ4v) is 6.71. The summed E-state index contributed by atoms with van der Waals surface area (Å²) in [7, 11) is 0.620. The van der Waals surface area contributed by atoms with E-state index in [-0.39, 0.29) is 7.92 Å². The first kappa shape index (κ1) is 22.4. The Morgan fingerprint density at radius 1 is 0.533 bits per heavy atom. The molecule has 0 heterocycles. The molecule has 0 aliphatic heterocycles. The summed E-state index contributed by atoms with van der Waals surface area (Å²) >= 11 is 0. The van der Waals surface area contributed by atoms with Gasteiger partial charge in [-0.3, -0.25) is 0 Å². The molecular weight excluding hydrogens is 398 g/mol. The van der Waals surface area contributed by atoms with Crippen LogP contribution in [0, 0.1) is 0 Å². The number of hydrogen-bond donors (Lipinski definition) is 0. The van der Waals surface area contributed by atoms with Crippen LogP contribution in [0.5, 0.6) is 0 Å². The Hall–Kier alpha value is -2.26. The van der Waals surface area contributed by atoms with Gasteiger partial charge in [-0.25, -0.2) is 0 Å². The molecule has 152 valence electrons. The van der Waals surface area contributed by atoms with Crippen LogP contribution in [0.15, 0.2) is 121 Å². The lowest BCUT2D eigenvalue weighted by atomic mass is 10.4. The molecule has 0 spiro atoms. The molecule has 30 heavy (non-hydrogen) atoms. The van der Waals surface area contributed by atoms with Crippen LogP contribution < -0.4 is 21.2 Å². The highest BCUT2D eigenvalue weighted by Crippen LogP contribution is 2.34. The van der Waals surface area contributed by atoms with Gasteiger partial charge in [0.15, 0.2) is 0 Å². The highest BCUT2D eigenvalue weighted by atomic mass is 31.1. The van der Waals surface area contributed by atoms with Gasteiger partial charge in [0.25, 0.3) is 0 Å². The van der Waals surface area contributed by atoms with E-state index in [1.165, 1.54) is 40.2 Å². The number of rotatable bonds is 7. The number of unbranched alkanes of at least 4 members (excludes halogenated alkanes) is 1. The normalized spacial score (nSPS) is 10.3. The van der Waals surface area contributed by atoms with E-state index in [9.17, 15) is 0 Å². The zero-order valence-electron chi connectivity index (χ0n) is 17.6. The maximum Gasteiger partial charge on any atom is -0.0195 e. The molecule has 0 radical (unpaired) electrons. The van der Waals surface area contributed by atoms with Crippen molar-refractivity contribution >= 4 is 37.7 Å². The fourth-order valence-electron chi connectivity index (χ4n) is 3.15. The second-order valence-electron chi connectivity index (χ2n) is 7.03. The van der Waals surface area contributed by atoms with E-state index in [4.69, 9.17) is 0 Å². The SMILES string of the molecule is CCCCP(c1ccccc1)c1ccccc1.c1ccc(Pc2ccccc2)cc1. The van der Waals surface area contributed by atoms with E-state index < -0.39 is 0 Å². The van der Waals surface area contributed by atoms with Crippen molar-refractivity contribution in [3.63, 3.8) is 0 Å². The lowest BCUT2D eigenvalue weighted by molar-refractivity contribution is 0.894. The summed E-state index contributed by atoms with van der Waals surface area (Å²) < 4.78 is 0. The minimum absolute atomic E-state index is 0.157. The molecule has 0 N–H and O–H groups in total.